The molecule has 0 spiro atoms. The van der Waals surface area contributed by atoms with Crippen LogP contribution in [0.3, 0.4) is 0 Å². The zero-order valence-electron chi connectivity index (χ0n) is 7.64. The summed E-state index contributed by atoms with van der Waals surface area (Å²) in [4.78, 5) is 0. The van der Waals surface area contributed by atoms with E-state index in [1.807, 2.05) is 13.2 Å². The Morgan fingerprint density at radius 3 is 2.58 bits per heavy atom. The van der Waals surface area contributed by atoms with E-state index < -0.39 is 0 Å². The fourth-order valence-corrected chi connectivity index (χ4v) is 1.79. The van der Waals surface area contributed by atoms with Gasteiger partial charge in [-0.2, -0.15) is 0 Å². The minimum Gasteiger partial charge on any atom is -0.468 e. The molecule has 1 heterocycles. The predicted octanol–water partition coefficient (Wildman–Crippen LogP) is 3.36. The summed E-state index contributed by atoms with van der Waals surface area (Å²) in [7, 11) is 0. The predicted molar refractivity (Wildman–Crippen MR) is 50.4 cm³/mol. The number of rotatable bonds is 0. The summed E-state index contributed by atoms with van der Waals surface area (Å²) in [5, 5.41) is 2.48. The van der Waals surface area contributed by atoms with Gasteiger partial charge in [0.1, 0.15) is 5.76 Å². The van der Waals surface area contributed by atoms with Crippen molar-refractivity contribution < 1.29 is 4.42 Å². The molecule has 0 aliphatic rings. The van der Waals surface area contributed by atoms with E-state index in [1.165, 1.54) is 21.9 Å². The summed E-state index contributed by atoms with van der Waals surface area (Å²) in [5.74, 6) is 1.02. The fraction of sp³-hybridized carbons (Fsp3) is 0.273. The molecule has 1 nitrogen and oxygen atoms in total. The van der Waals surface area contributed by atoms with Gasteiger partial charge in [-0.3, -0.25) is 0 Å². The highest BCUT2D eigenvalue weighted by Gasteiger charge is 2.04. The van der Waals surface area contributed by atoms with E-state index in [2.05, 4.69) is 26.0 Å². The third-order valence-corrected chi connectivity index (χ3v) is 2.23. The van der Waals surface area contributed by atoms with E-state index in [-0.39, 0.29) is 0 Å². The molecule has 0 aliphatic carbocycles. The van der Waals surface area contributed by atoms with Crippen LogP contribution in [0.25, 0.3) is 10.8 Å². The maximum Gasteiger partial charge on any atom is 0.108 e. The van der Waals surface area contributed by atoms with E-state index in [0.717, 1.165) is 5.76 Å². The van der Waals surface area contributed by atoms with Crippen molar-refractivity contribution in [2.24, 2.45) is 0 Å². The topological polar surface area (TPSA) is 13.1 Å². The van der Waals surface area contributed by atoms with Crippen LogP contribution in [0.1, 0.15) is 16.9 Å². The molecule has 0 aliphatic heterocycles. The quantitative estimate of drug-likeness (QED) is 0.576. The van der Waals surface area contributed by atoms with Crippen LogP contribution in [0, 0.1) is 20.8 Å². The van der Waals surface area contributed by atoms with E-state index in [4.69, 9.17) is 4.42 Å². The van der Waals surface area contributed by atoms with Crippen LogP contribution < -0.4 is 0 Å². The molecule has 2 rings (SSSR count). The average molecular weight is 160 g/mol. The monoisotopic (exact) mass is 160 g/mol. The molecule has 62 valence electrons. The zero-order chi connectivity index (χ0) is 8.72. The maximum atomic E-state index is 5.35. The van der Waals surface area contributed by atoms with Gasteiger partial charge in [-0.25, -0.2) is 0 Å². The lowest BCUT2D eigenvalue weighted by molar-refractivity contribution is 0.539. The molecule has 0 bridgehead atoms. The normalized spacial score (nSPS) is 10.9. The highest BCUT2D eigenvalue weighted by Crippen LogP contribution is 2.25. The number of furan rings is 1. The van der Waals surface area contributed by atoms with Gasteiger partial charge in [0.25, 0.3) is 0 Å². The van der Waals surface area contributed by atoms with Crippen LogP contribution >= 0.6 is 0 Å². The lowest BCUT2D eigenvalue weighted by Crippen LogP contribution is -1.78. The van der Waals surface area contributed by atoms with Gasteiger partial charge in [0, 0.05) is 10.8 Å². The van der Waals surface area contributed by atoms with Gasteiger partial charge in [-0.15, -0.1) is 0 Å². The molecule has 1 aromatic heterocycles. The van der Waals surface area contributed by atoms with Gasteiger partial charge < -0.3 is 4.42 Å². The zero-order valence-corrected chi connectivity index (χ0v) is 7.64. The Morgan fingerprint density at radius 2 is 1.83 bits per heavy atom. The van der Waals surface area contributed by atoms with Crippen LogP contribution in [0.4, 0.5) is 0 Å². The van der Waals surface area contributed by atoms with Crippen LogP contribution in [0.5, 0.6) is 0 Å². The van der Waals surface area contributed by atoms with E-state index in [0.29, 0.717) is 0 Å². The largest absolute Gasteiger partial charge is 0.468 e. The van der Waals surface area contributed by atoms with Crippen LogP contribution in [0.2, 0.25) is 0 Å². The van der Waals surface area contributed by atoms with Gasteiger partial charge in [0.2, 0.25) is 0 Å². The van der Waals surface area contributed by atoms with Crippen LogP contribution in [-0.2, 0) is 0 Å². The van der Waals surface area contributed by atoms with Crippen molar-refractivity contribution in [2.45, 2.75) is 20.8 Å². The van der Waals surface area contributed by atoms with Gasteiger partial charge in [-0.05, 0) is 32.4 Å². The van der Waals surface area contributed by atoms with Crippen molar-refractivity contribution in [3.05, 3.63) is 35.3 Å². The first-order valence-corrected chi connectivity index (χ1v) is 4.13. The summed E-state index contributed by atoms with van der Waals surface area (Å²) in [5.41, 5.74) is 2.59. The Balaban J connectivity index is 2.93. The Kier molecular flexibility index (Phi) is 1.47. The summed E-state index contributed by atoms with van der Waals surface area (Å²) < 4.78 is 5.35. The van der Waals surface area contributed by atoms with Gasteiger partial charge >= 0.3 is 0 Å². The average Bonchev–Trinajstić information content (AvgIpc) is 2.31. The van der Waals surface area contributed by atoms with Crippen molar-refractivity contribution in [3.8, 4) is 0 Å². The summed E-state index contributed by atoms with van der Waals surface area (Å²) >= 11 is 0. The lowest BCUT2D eigenvalue weighted by atomic mass is 10.1. The summed E-state index contributed by atoms with van der Waals surface area (Å²) in [6.07, 6.45) is 1.82. The second-order valence-corrected chi connectivity index (χ2v) is 3.34. The molecule has 1 heteroatoms. The lowest BCUT2D eigenvalue weighted by Gasteiger charge is -1.98. The molecule has 0 saturated heterocycles. The molecule has 0 unspecified atom stereocenters. The molecular formula is C11H12O. The molecule has 0 N–H and O–H groups in total. The van der Waals surface area contributed by atoms with Crippen molar-refractivity contribution in [3.63, 3.8) is 0 Å². The third-order valence-electron chi connectivity index (χ3n) is 2.23. The second-order valence-electron chi connectivity index (χ2n) is 3.34. The molecule has 0 radical (unpaired) electrons. The first kappa shape index (κ1) is 7.41. The van der Waals surface area contributed by atoms with E-state index in [9.17, 15) is 0 Å². The molecule has 12 heavy (non-hydrogen) atoms. The maximum absolute atomic E-state index is 5.35. The molecule has 2 aromatic rings. The first-order chi connectivity index (χ1) is 5.68. The molecule has 0 amide bonds. The number of benzene rings is 1. The van der Waals surface area contributed by atoms with Crippen LogP contribution in [0.15, 0.2) is 22.8 Å². The number of hydrogen-bond donors (Lipinski definition) is 0. The summed E-state index contributed by atoms with van der Waals surface area (Å²) in [6.45, 7) is 6.23. The van der Waals surface area contributed by atoms with E-state index >= 15 is 0 Å². The number of hydrogen-bond acceptors (Lipinski definition) is 1. The smallest absolute Gasteiger partial charge is 0.108 e. The number of fused-ring (bicyclic) bond motifs is 1. The van der Waals surface area contributed by atoms with Crippen molar-refractivity contribution in [2.75, 3.05) is 0 Å². The third kappa shape index (κ3) is 0.934. The Hall–Kier alpha value is -1.24. The Morgan fingerprint density at radius 1 is 1.08 bits per heavy atom. The van der Waals surface area contributed by atoms with Gasteiger partial charge in [-0.1, -0.05) is 11.6 Å². The molecule has 0 saturated carbocycles. The summed E-state index contributed by atoms with van der Waals surface area (Å²) in [6, 6.07) is 4.34. The highest BCUT2D eigenvalue weighted by molar-refractivity contribution is 5.87. The Bertz CT molecular complexity index is 424. The minimum atomic E-state index is 1.02. The van der Waals surface area contributed by atoms with Crippen molar-refractivity contribution in [1.82, 2.24) is 0 Å². The fourth-order valence-electron chi connectivity index (χ4n) is 1.79. The Labute approximate surface area is 72.0 Å². The molecule has 1 aromatic carbocycles. The van der Waals surface area contributed by atoms with Crippen molar-refractivity contribution in [1.29, 1.82) is 0 Å². The van der Waals surface area contributed by atoms with Crippen LogP contribution in [-0.4, -0.2) is 0 Å². The van der Waals surface area contributed by atoms with Gasteiger partial charge in [0.15, 0.2) is 0 Å². The number of aryl methyl sites for hydroxylation is 3. The van der Waals surface area contributed by atoms with Crippen molar-refractivity contribution >= 4 is 10.8 Å². The van der Waals surface area contributed by atoms with E-state index in [1.54, 1.807) is 0 Å². The molecule has 0 fully saturated rings. The highest BCUT2D eigenvalue weighted by atomic mass is 16.3. The SMILES string of the molecule is Cc1cc(C)c2c(C)occ2c1. The minimum absolute atomic E-state index is 1.02. The second kappa shape index (κ2) is 2.37. The molecule has 0 atom stereocenters. The first-order valence-electron chi connectivity index (χ1n) is 4.13. The standard InChI is InChI=1S/C11H12O/c1-7-4-8(2)11-9(3)12-6-10(11)5-7/h4-6H,1-3H3. The van der Waals surface area contributed by atoms with Gasteiger partial charge in [0.05, 0.1) is 6.26 Å². The molecular weight excluding hydrogens is 148 g/mol.